The highest BCUT2D eigenvalue weighted by molar-refractivity contribution is 7.86. The maximum atomic E-state index is 12.1. The second kappa shape index (κ2) is 6.74. The molecule has 2 aromatic rings. The third-order valence-corrected chi connectivity index (χ3v) is 4.28. The van der Waals surface area contributed by atoms with E-state index < -0.39 is 11.0 Å². The van der Waals surface area contributed by atoms with Crippen LogP contribution >= 0.6 is 23.2 Å². The Balaban J connectivity index is 2.11. The highest BCUT2D eigenvalue weighted by Gasteiger charge is 2.06. The van der Waals surface area contributed by atoms with Crippen LogP contribution in [0.3, 0.4) is 0 Å². The van der Waals surface area contributed by atoms with E-state index in [9.17, 15) is 9.00 Å². The summed E-state index contributed by atoms with van der Waals surface area (Å²) in [6, 6.07) is 11.6. The van der Waals surface area contributed by atoms with E-state index in [1.54, 1.807) is 42.5 Å². The number of anilines is 2. The Labute approximate surface area is 128 Å². The molecule has 0 aromatic heterocycles. The van der Waals surface area contributed by atoms with Gasteiger partial charge >= 0.3 is 0 Å². The van der Waals surface area contributed by atoms with Crippen LogP contribution in [0.25, 0.3) is 0 Å². The van der Waals surface area contributed by atoms with E-state index in [0.29, 0.717) is 32.7 Å². The van der Waals surface area contributed by atoms with Crippen molar-refractivity contribution in [2.45, 2.75) is 4.90 Å². The predicted molar refractivity (Wildman–Crippen MR) is 82.6 cm³/mol. The van der Waals surface area contributed by atoms with Crippen molar-refractivity contribution in [3.8, 4) is 0 Å². The topological polar surface area (TPSA) is 58.2 Å². The first-order chi connectivity index (χ1) is 9.60. The number of hydrogen-bond acceptors (Lipinski definition) is 2. The minimum absolute atomic E-state index is 0.388. The van der Waals surface area contributed by atoms with Crippen molar-refractivity contribution < 1.29 is 9.00 Å². The first kappa shape index (κ1) is 14.8. The van der Waals surface area contributed by atoms with Crippen LogP contribution in [0.4, 0.5) is 11.4 Å². The molecular formula is C13H10Cl2N2O2S. The van der Waals surface area contributed by atoms with Gasteiger partial charge in [0.15, 0.2) is 0 Å². The third-order valence-electron chi connectivity index (χ3n) is 2.42. The second-order valence-corrected chi connectivity index (χ2v) is 5.81. The van der Waals surface area contributed by atoms with E-state index >= 15 is 0 Å². The van der Waals surface area contributed by atoms with Gasteiger partial charge in [-0.3, -0.25) is 4.79 Å². The fourth-order valence-corrected chi connectivity index (χ4v) is 2.61. The first-order valence-electron chi connectivity index (χ1n) is 5.54. The van der Waals surface area contributed by atoms with Crippen molar-refractivity contribution in [2.75, 3.05) is 10.0 Å². The molecule has 0 aliphatic carbocycles. The molecule has 0 bridgehead atoms. The minimum Gasteiger partial charge on any atom is -0.329 e. The van der Waals surface area contributed by atoms with Crippen LogP contribution in [0.2, 0.25) is 10.0 Å². The van der Waals surface area contributed by atoms with Gasteiger partial charge in [0.1, 0.15) is 11.0 Å². The summed E-state index contributed by atoms with van der Waals surface area (Å²) in [6.45, 7) is 0. The van der Waals surface area contributed by atoms with Gasteiger partial charge in [-0.1, -0.05) is 23.2 Å². The molecule has 2 rings (SSSR count). The average molecular weight is 329 g/mol. The van der Waals surface area contributed by atoms with Gasteiger partial charge in [-0.15, -0.1) is 0 Å². The minimum atomic E-state index is -1.43. The number of nitrogens with one attached hydrogen (secondary N) is 2. The molecule has 1 unspecified atom stereocenters. The standard InChI is InChI=1S/C13H10Cl2N2O2S/c14-12-6-3-10(7-13(12)15)17-20(19)11-4-1-9(2-5-11)16-8-18/h1-8,17H,(H,16,18). The fraction of sp³-hybridized carbons (Fsp3) is 0. The Bertz CT molecular complexity index is 647. The first-order valence-corrected chi connectivity index (χ1v) is 7.44. The summed E-state index contributed by atoms with van der Waals surface area (Å²) in [5.41, 5.74) is 1.24. The Kier molecular flexibility index (Phi) is 5.00. The number of amides is 1. The molecule has 1 atom stereocenters. The smallest absolute Gasteiger partial charge is 0.211 e. The van der Waals surface area contributed by atoms with E-state index in [-0.39, 0.29) is 0 Å². The number of hydrogen-bond donors (Lipinski definition) is 2. The van der Waals surface area contributed by atoms with E-state index in [2.05, 4.69) is 10.0 Å². The summed E-state index contributed by atoms with van der Waals surface area (Å²) >= 11 is 11.7. The summed E-state index contributed by atoms with van der Waals surface area (Å²) in [7, 11) is -1.43. The Morgan fingerprint density at radius 2 is 1.60 bits per heavy atom. The zero-order valence-electron chi connectivity index (χ0n) is 10.1. The van der Waals surface area contributed by atoms with E-state index in [0.717, 1.165) is 0 Å². The van der Waals surface area contributed by atoms with Crippen LogP contribution in [0.1, 0.15) is 0 Å². The molecule has 2 N–H and O–H groups in total. The van der Waals surface area contributed by atoms with E-state index in [4.69, 9.17) is 23.2 Å². The normalized spacial score (nSPS) is 11.7. The highest BCUT2D eigenvalue weighted by Crippen LogP contribution is 2.25. The summed E-state index contributed by atoms with van der Waals surface area (Å²) in [5, 5.41) is 3.33. The second-order valence-electron chi connectivity index (χ2n) is 3.79. The van der Waals surface area contributed by atoms with Gasteiger partial charge in [0, 0.05) is 11.4 Å². The molecule has 0 radical (unpaired) electrons. The van der Waals surface area contributed by atoms with Gasteiger partial charge in [-0.2, -0.15) is 0 Å². The molecule has 7 heteroatoms. The maximum absolute atomic E-state index is 12.1. The number of carbonyl (C=O) groups excluding carboxylic acids is 1. The lowest BCUT2D eigenvalue weighted by molar-refractivity contribution is -0.105. The fourth-order valence-electron chi connectivity index (χ4n) is 1.47. The largest absolute Gasteiger partial charge is 0.329 e. The lowest BCUT2D eigenvalue weighted by Crippen LogP contribution is -2.05. The predicted octanol–water partition coefficient (Wildman–Crippen LogP) is 3.70. The van der Waals surface area contributed by atoms with Gasteiger partial charge in [-0.05, 0) is 42.5 Å². The monoisotopic (exact) mass is 328 g/mol. The molecule has 0 fully saturated rings. The van der Waals surface area contributed by atoms with Crippen molar-refractivity contribution in [2.24, 2.45) is 0 Å². The molecule has 104 valence electrons. The van der Waals surface area contributed by atoms with Gasteiger partial charge < -0.3 is 10.0 Å². The van der Waals surface area contributed by atoms with Crippen molar-refractivity contribution in [1.82, 2.24) is 0 Å². The number of carbonyl (C=O) groups is 1. The summed E-state index contributed by atoms with van der Waals surface area (Å²) in [4.78, 5) is 10.9. The summed E-state index contributed by atoms with van der Waals surface area (Å²) in [6.07, 6.45) is 0.583. The van der Waals surface area contributed by atoms with Crippen molar-refractivity contribution in [1.29, 1.82) is 0 Å². The van der Waals surface area contributed by atoms with Gasteiger partial charge in [0.05, 0.1) is 14.9 Å². The van der Waals surface area contributed by atoms with Gasteiger partial charge in [-0.25, -0.2) is 4.21 Å². The highest BCUT2D eigenvalue weighted by atomic mass is 35.5. The zero-order valence-corrected chi connectivity index (χ0v) is 12.4. The Morgan fingerprint density at radius 3 is 2.20 bits per heavy atom. The molecular weight excluding hydrogens is 319 g/mol. The van der Waals surface area contributed by atoms with Crippen LogP contribution in [0.5, 0.6) is 0 Å². The quantitative estimate of drug-likeness (QED) is 0.822. The molecule has 20 heavy (non-hydrogen) atoms. The average Bonchev–Trinajstić information content (AvgIpc) is 2.44. The van der Waals surface area contributed by atoms with Gasteiger partial charge in [0.25, 0.3) is 0 Å². The van der Waals surface area contributed by atoms with E-state index in [1.165, 1.54) is 0 Å². The third kappa shape index (κ3) is 3.72. The molecule has 2 aromatic carbocycles. The Morgan fingerprint density at radius 1 is 0.950 bits per heavy atom. The molecule has 0 spiro atoms. The van der Waals surface area contributed by atoms with Crippen LogP contribution in [0, 0.1) is 0 Å². The van der Waals surface area contributed by atoms with Crippen LogP contribution < -0.4 is 10.0 Å². The van der Waals surface area contributed by atoms with Crippen LogP contribution in [0.15, 0.2) is 47.4 Å². The molecule has 0 aliphatic rings. The Hall–Kier alpha value is -1.56. The van der Waals surface area contributed by atoms with Gasteiger partial charge in [0.2, 0.25) is 6.41 Å². The molecule has 4 nitrogen and oxygen atoms in total. The zero-order chi connectivity index (χ0) is 14.5. The summed E-state index contributed by atoms with van der Waals surface area (Å²) < 4.78 is 14.9. The SMILES string of the molecule is O=CNc1ccc(S(=O)Nc2ccc(Cl)c(Cl)c2)cc1. The molecule has 0 saturated heterocycles. The maximum Gasteiger partial charge on any atom is 0.211 e. The van der Waals surface area contributed by atoms with Crippen LogP contribution in [-0.4, -0.2) is 10.6 Å². The molecule has 0 heterocycles. The summed E-state index contributed by atoms with van der Waals surface area (Å²) in [5.74, 6) is 0. The molecule has 0 saturated carbocycles. The molecule has 1 amide bonds. The number of rotatable bonds is 5. The van der Waals surface area contributed by atoms with Crippen molar-refractivity contribution in [3.05, 3.63) is 52.5 Å². The lowest BCUT2D eigenvalue weighted by Gasteiger charge is -2.07. The van der Waals surface area contributed by atoms with E-state index in [1.807, 2.05) is 0 Å². The van der Waals surface area contributed by atoms with Crippen molar-refractivity contribution in [3.63, 3.8) is 0 Å². The number of halogens is 2. The molecule has 0 aliphatic heterocycles. The number of benzene rings is 2. The lowest BCUT2D eigenvalue weighted by atomic mass is 10.3. The van der Waals surface area contributed by atoms with Crippen molar-refractivity contribution >= 4 is 52.0 Å². The van der Waals surface area contributed by atoms with Crippen LogP contribution in [-0.2, 0) is 15.8 Å².